The van der Waals surface area contributed by atoms with E-state index in [9.17, 15) is 9.59 Å². The monoisotopic (exact) mass is 379 g/mol. The van der Waals surface area contributed by atoms with E-state index in [0.717, 1.165) is 18.7 Å². The number of fused-ring (bicyclic) bond motifs is 1. The van der Waals surface area contributed by atoms with Gasteiger partial charge in [0.2, 0.25) is 0 Å². The summed E-state index contributed by atoms with van der Waals surface area (Å²) in [6.07, 6.45) is 0. The lowest BCUT2D eigenvalue weighted by molar-refractivity contribution is 0.0467. The van der Waals surface area contributed by atoms with E-state index in [4.69, 9.17) is 9.15 Å². The molecule has 0 aliphatic heterocycles. The Balaban J connectivity index is 1.99. The van der Waals surface area contributed by atoms with Gasteiger partial charge in [-0.15, -0.1) is 0 Å². The average Bonchev–Trinajstić information content (AvgIpc) is 2.74. The van der Waals surface area contributed by atoms with E-state index in [-0.39, 0.29) is 16.6 Å². The van der Waals surface area contributed by atoms with Crippen LogP contribution in [0.15, 0.2) is 57.7 Å². The fourth-order valence-electron chi connectivity index (χ4n) is 3.22. The maximum Gasteiger partial charge on any atom is 0.342 e. The molecule has 1 heterocycles. The summed E-state index contributed by atoms with van der Waals surface area (Å²) in [5.41, 5.74) is 1.71. The second-order valence-corrected chi connectivity index (χ2v) is 6.60. The number of esters is 1. The molecule has 3 rings (SSSR count). The maximum absolute atomic E-state index is 12.9. The lowest BCUT2D eigenvalue weighted by Gasteiger charge is -2.17. The van der Waals surface area contributed by atoms with Crippen molar-refractivity contribution in [3.63, 3.8) is 0 Å². The Hall–Kier alpha value is -2.92. The van der Waals surface area contributed by atoms with Crippen LogP contribution in [0.1, 0.15) is 29.8 Å². The van der Waals surface area contributed by atoms with Crippen molar-refractivity contribution in [2.45, 2.75) is 20.8 Å². The highest BCUT2D eigenvalue weighted by Crippen LogP contribution is 2.27. The van der Waals surface area contributed by atoms with Gasteiger partial charge in [-0.1, -0.05) is 50.2 Å². The summed E-state index contributed by atoms with van der Waals surface area (Å²) in [6.45, 7) is 8.63. The van der Waals surface area contributed by atoms with Crippen LogP contribution in [0.2, 0.25) is 0 Å². The highest BCUT2D eigenvalue weighted by molar-refractivity contribution is 6.02. The van der Waals surface area contributed by atoms with Gasteiger partial charge in [0.05, 0.1) is 5.39 Å². The Labute approximate surface area is 164 Å². The first-order valence-electron chi connectivity index (χ1n) is 9.58. The molecular weight excluding hydrogens is 354 g/mol. The van der Waals surface area contributed by atoms with Crippen molar-refractivity contribution in [1.82, 2.24) is 4.90 Å². The first-order valence-corrected chi connectivity index (χ1v) is 9.58. The minimum Gasteiger partial charge on any atom is -0.461 e. The van der Waals surface area contributed by atoms with Crippen molar-refractivity contribution < 1.29 is 13.9 Å². The summed E-state index contributed by atoms with van der Waals surface area (Å²) >= 11 is 0. The Morgan fingerprint density at radius 2 is 1.75 bits per heavy atom. The molecule has 0 spiro atoms. The van der Waals surface area contributed by atoms with Gasteiger partial charge in [0.1, 0.15) is 17.9 Å². The zero-order valence-electron chi connectivity index (χ0n) is 16.5. The topological polar surface area (TPSA) is 59.8 Å². The molecule has 5 nitrogen and oxygen atoms in total. The van der Waals surface area contributed by atoms with Gasteiger partial charge in [0.15, 0.2) is 11.0 Å². The molecular formula is C23H25NO4. The molecule has 0 unspecified atom stereocenters. The van der Waals surface area contributed by atoms with Crippen molar-refractivity contribution in [1.29, 1.82) is 0 Å². The Bertz CT molecular complexity index is 1020. The van der Waals surface area contributed by atoms with E-state index in [0.29, 0.717) is 29.9 Å². The van der Waals surface area contributed by atoms with Crippen molar-refractivity contribution in [3.8, 4) is 11.3 Å². The highest BCUT2D eigenvalue weighted by Gasteiger charge is 2.19. The number of hydrogen-bond acceptors (Lipinski definition) is 5. The average molecular weight is 379 g/mol. The third-order valence-electron chi connectivity index (χ3n) is 4.94. The van der Waals surface area contributed by atoms with Crippen LogP contribution in [0, 0.1) is 6.92 Å². The number of hydrogen-bond donors (Lipinski definition) is 0. The van der Waals surface area contributed by atoms with Crippen LogP contribution in [0.4, 0.5) is 0 Å². The second-order valence-electron chi connectivity index (χ2n) is 6.60. The van der Waals surface area contributed by atoms with Crippen LogP contribution in [0.5, 0.6) is 0 Å². The molecule has 0 aliphatic rings. The van der Waals surface area contributed by atoms with Gasteiger partial charge in [-0.3, -0.25) is 4.79 Å². The van der Waals surface area contributed by atoms with Crippen molar-refractivity contribution in [3.05, 3.63) is 69.9 Å². The van der Waals surface area contributed by atoms with Gasteiger partial charge in [0, 0.05) is 17.7 Å². The Kier molecular flexibility index (Phi) is 6.26. The summed E-state index contributed by atoms with van der Waals surface area (Å²) in [7, 11) is 0. The molecule has 1 aromatic heterocycles. The molecule has 3 aromatic rings. The second kappa shape index (κ2) is 8.85. The molecule has 0 saturated heterocycles. The molecule has 5 heteroatoms. The molecule has 0 fully saturated rings. The summed E-state index contributed by atoms with van der Waals surface area (Å²) in [5.74, 6) is -0.00902. The van der Waals surface area contributed by atoms with Crippen LogP contribution < -0.4 is 5.43 Å². The molecule has 2 aromatic carbocycles. The number of para-hydroxylation sites is 1. The lowest BCUT2D eigenvalue weighted by Crippen LogP contribution is -2.28. The molecule has 0 N–H and O–H groups in total. The van der Waals surface area contributed by atoms with Gasteiger partial charge in [-0.2, -0.15) is 0 Å². The van der Waals surface area contributed by atoms with E-state index in [1.165, 1.54) is 0 Å². The van der Waals surface area contributed by atoms with Crippen LogP contribution in [-0.4, -0.2) is 37.1 Å². The molecule has 146 valence electrons. The number of rotatable bonds is 7. The summed E-state index contributed by atoms with van der Waals surface area (Å²) in [5, 5.41) is 0.385. The first-order chi connectivity index (χ1) is 13.6. The van der Waals surface area contributed by atoms with Crippen LogP contribution in [0.3, 0.4) is 0 Å². The predicted octanol–water partition coefficient (Wildman–Crippen LogP) is 4.27. The van der Waals surface area contributed by atoms with E-state index in [2.05, 4.69) is 18.7 Å². The van der Waals surface area contributed by atoms with E-state index in [1.54, 1.807) is 25.1 Å². The molecule has 0 atom stereocenters. The summed E-state index contributed by atoms with van der Waals surface area (Å²) < 4.78 is 11.5. The van der Waals surface area contributed by atoms with E-state index in [1.807, 2.05) is 30.3 Å². The lowest BCUT2D eigenvalue weighted by atomic mass is 10.0. The molecule has 0 amide bonds. The van der Waals surface area contributed by atoms with Crippen molar-refractivity contribution >= 4 is 16.9 Å². The number of carbonyl (C=O) groups excluding carboxylic acids is 1. The van der Waals surface area contributed by atoms with E-state index >= 15 is 0 Å². The smallest absolute Gasteiger partial charge is 0.342 e. The minimum atomic E-state index is -0.483. The van der Waals surface area contributed by atoms with Crippen LogP contribution in [-0.2, 0) is 4.74 Å². The van der Waals surface area contributed by atoms with Gasteiger partial charge >= 0.3 is 5.97 Å². The first kappa shape index (κ1) is 19.8. The third kappa shape index (κ3) is 3.99. The Morgan fingerprint density at radius 1 is 1.04 bits per heavy atom. The number of benzene rings is 2. The number of carbonyl (C=O) groups is 1. The number of nitrogens with zero attached hydrogens (tertiary/aromatic N) is 1. The predicted molar refractivity (Wildman–Crippen MR) is 111 cm³/mol. The van der Waals surface area contributed by atoms with Gasteiger partial charge in [0.25, 0.3) is 0 Å². The quantitative estimate of drug-likeness (QED) is 0.574. The molecule has 0 aliphatic carbocycles. The number of ether oxygens (including phenoxy) is 1. The fourth-order valence-corrected chi connectivity index (χ4v) is 3.22. The molecule has 28 heavy (non-hydrogen) atoms. The zero-order valence-corrected chi connectivity index (χ0v) is 16.5. The van der Waals surface area contributed by atoms with Crippen LogP contribution >= 0.6 is 0 Å². The summed E-state index contributed by atoms with van der Waals surface area (Å²) in [4.78, 5) is 27.7. The maximum atomic E-state index is 12.9. The summed E-state index contributed by atoms with van der Waals surface area (Å²) in [6, 6.07) is 14.4. The molecule has 0 bridgehead atoms. The van der Waals surface area contributed by atoms with Crippen molar-refractivity contribution in [2.75, 3.05) is 26.2 Å². The zero-order chi connectivity index (χ0) is 20.1. The largest absolute Gasteiger partial charge is 0.461 e. The van der Waals surface area contributed by atoms with Crippen LogP contribution in [0.25, 0.3) is 22.3 Å². The highest BCUT2D eigenvalue weighted by atomic mass is 16.5. The van der Waals surface area contributed by atoms with E-state index < -0.39 is 5.97 Å². The molecule has 0 saturated carbocycles. The number of likely N-dealkylation sites (N-methyl/N-ethyl adjacent to an activating group) is 1. The third-order valence-corrected chi connectivity index (χ3v) is 4.94. The molecule has 0 radical (unpaired) electrons. The normalized spacial score (nSPS) is 11.1. The van der Waals surface area contributed by atoms with Crippen molar-refractivity contribution in [2.24, 2.45) is 0 Å². The van der Waals surface area contributed by atoms with Gasteiger partial charge < -0.3 is 14.1 Å². The fraction of sp³-hybridized carbons (Fsp3) is 0.304. The van der Waals surface area contributed by atoms with Gasteiger partial charge in [-0.25, -0.2) is 4.79 Å². The minimum absolute atomic E-state index is 0.141. The standard InChI is InChI=1S/C23H25NO4/c1-4-24(5-2)14-15-27-23(26)19-13-9-12-18-20(25)16(3)21(28-22(18)19)17-10-7-6-8-11-17/h6-13H,4-5,14-15H2,1-3H3. The SMILES string of the molecule is CCN(CC)CCOC(=O)c1cccc2c(=O)c(C)c(-c3ccccc3)oc12. The van der Waals surface area contributed by atoms with Gasteiger partial charge in [-0.05, 0) is 32.1 Å². The Morgan fingerprint density at radius 3 is 2.43 bits per heavy atom.